The second-order valence-corrected chi connectivity index (χ2v) is 5.61. The molecule has 0 aliphatic rings. The molecule has 1 aromatic carbocycles. The van der Waals surface area contributed by atoms with E-state index in [1.54, 1.807) is 24.4 Å². The topological polar surface area (TPSA) is 108 Å². The molecule has 4 N–H and O–H groups in total. The molecule has 3 amide bonds. The number of hydrogen-bond acceptors (Lipinski definition) is 4. The maximum Gasteiger partial charge on any atom is 0.319 e. The molecule has 1 atom stereocenters. The van der Waals surface area contributed by atoms with Crippen molar-refractivity contribution in [3.8, 4) is 5.75 Å². The van der Waals surface area contributed by atoms with Gasteiger partial charge in [-0.15, -0.1) is 0 Å². The number of rotatable bonds is 6. The summed E-state index contributed by atoms with van der Waals surface area (Å²) in [4.78, 5) is 30.9. The summed E-state index contributed by atoms with van der Waals surface area (Å²) < 4.78 is 5.19. The van der Waals surface area contributed by atoms with E-state index in [1.165, 1.54) is 14.0 Å². The number of ether oxygens (including phenoxy) is 1. The molecule has 134 valence electrons. The van der Waals surface area contributed by atoms with Crippen molar-refractivity contribution >= 4 is 23.3 Å². The summed E-state index contributed by atoms with van der Waals surface area (Å²) in [7, 11) is 1.51. The van der Waals surface area contributed by atoms with Gasteiger partial charge in [0.1, 0.15) is 11.6 Å². The monoisotopic (exact) mass is 345 g/mol. The second kappa shape index (κ2) is 8.18. The number of hydrogen-bond donors (Lipinski definition) is 4. The minimum Gasteiger partial charge on any atom is -0.495 e. The number of aromatic nitrogens is 2. The van der Waals surface area contributed by atoms with Gasteiger partial charge >= 0.3 is 6.03 Å². The van der Waals surface area contributed by atoms with Crippen LogP contribution >= 0.6 is 0 Å². The van der Waals surface area contributed by atoms with E-state index >= 15 is 0 Å². The van der Waals surface area contributed by atoms with Crippen LogP contribution in [-0.2, 0) is 4.79 Å². The average molecular weight is 345 g/mol. The largest absolute Gasteiger partial charge is 0.495 e. The number of methoxy groups -OCH3 is 1. The van der Waals surface area contributed by atoms with Crippen LogP contribution in [0.4, 0.5) is 16.2 Å². The van der Waals surface area contributed by atoms with Gasteiger partial charge in [0.05, 0.1) is 18.8 Å². The summed E-state index contributed by atoms with van der Waals surface area (Å²) in [5.41, 5.74) is 1.96. The van der Waals surface area contributed by atoms with E-state index in [0.29, 0.717) is 29.4 Å². The molecule has 0 aliphatic carbocycles. The normalized spacial score (nSPS) is 11.5. The van der Waals surface area contributed by atoms with Crippen molar-refractivity contribution in [2.75, 3.05) is 17.7 Å². The van der Waals surface area contributed by atoms with Crippen molar-refractivity contribution in [1.29, 1.82) is 0 Å². The summed E-state index contributed by atoms with van der Waals surface area (Å²) in [5, 5.41) is 8.29. The number of urea groups is 1. The molecule has 0 saturated carbocycles. The molecule has 1 aromatic heterocycles. The Labute approximate surface area is 146 Å². The number of amides is 3. The molecule has 0 aliphatic heterocycles. The van der Waals surface area contributed by atoms with E-state index < -0.39 is 0 Å². The van der Waals surface area contributed by atoms with Crippen molar-refractivity contribution < 1.29 is 14.3 Å². The van der Waals surface area contributed by atoms with Crippen molar-refractivity contribution in [3.05, 3.63) is 35.9 Å². The van der Waals surface area contributed by atoms with Crippen LogP contribution < -0.4 is 20.7 Å². The van der Waals surface area contributed by atoms with Crippen molar-refractivity contribution in [2.24, 2.45) is 0 Å². The molecule has 0 unspecified atom stereocenters. The quantitative estimate of drug-likeness (QED) is 0.645. The van der Waals surface area contributed by atoms with Crippen LogP contribution in [0.3, 0.4) is 0 Å². The Balaban J connectivity index is 2.07. The number of nitrogens with zero attached hydrogens (tertiary/aromatic N) is 1. The number of carbonyl (C=O) groups excluding carboxylic acids is 2. The van der Waals surface area contributed by atoms with Gasteiger partial charge < -0.3 is 25.7 Å². The number of carbonyl (C=O) groups is 2. The molecule has 0 spiro atoms. The number of nitrogens with one attached hydrogen (secondary N) is 4. The van der Waals surface area contributed by atoms with Crippen LogP contribution in [0.15, 0.2) is 24.4 Å². The molecule has 0 bridgehead atoms. The average Bonchev–Trinajstić information content (AvgIpc) is 2.98. The summed E-state index contributed by atoms with van der Waals surface area (Å²) in [6.45, 7) is 5.28. The first-order valence-corrected chi connectivity index (χ1v) is 7.97. The Morgan fingerprint density at radius 1 is 1.32 bits per heavy atom. The molecule has 1 heterocycles. The fraction of sp³-hybridized carbons (Fsp3) is 0.353. The lowest BCUT2D eigenvalue weighted by atomic mass is 10.2. The standard InChI is InChI=1S/C17H23N5O3/c1-5-13(16-18-9-10(2)19-16)22-17(24)21-12-6-7-15(25-4)14(8-12)20-11(3)23/h6-9,13H,5H2,1-4H3,(H,18,19)(H,20,23)(H2,21,22,24)/t13-/m0/s1. The predicted octanol–water partition coefficient (Wildman–Crippen LogP) is 2.96. The Hall–Kier alpha value is -3.03. The Kier molecular flexibility index (Phi) is 5.99. The first-order valence-electron chi connectivity index (χ1n) is 7.97. The highest BCUT2D eigenvalue weighted by Gasteiger charge is 2.16. The minimum atomic E-state index is -0.361. The third-order valence-corrected chi connectivity index (χ3v) is 3.53. The maximum atomic E-state index is 12.3. The zero-order chi connectivity index (χ0) is 18.4. The van der Waals surface area contributed by atoms with Gasteiger partial charge in [-0.25, -0.2) is 9.78 Å². The number of benzene rings is 1. The van der Waals surface area contributed by atoms with Gasteiger partial charge in [0.15, 0.2) is 0 Å². The van der Waals surface area contributed by atoms with E-state index in [0.717, 1.165) is 5.69 Å². The first kappa shape index (κ1) is 18.3. The highest BCUT2D eigenvalue weighted by Crippen LogP contribution is 2.27. The van der Waals surface area contributed by atoms with Gasteiger partial charge in [-0.3, -0.25) is 4.79 Å². The number of aryl methyl sites for hydroxylation is 1. The van der Waals surface area contributed by atoms with Crippen LogP contribution in [0.2, 0.25) is 0 Å². The van der Waals surface area contributed by atoms with Gasteiger partial charge in [-0.2, -0.15) is 0 Å². The van der Waals surface area contributed by atoms with E-state index in [4.69, 9.17) is 4.74 Å². The zero-order valence-corrected chi connectivity index (χ0v) is 14.8. The number of H-pyrrole nitrogens is 1. The van der Waals surface area contributed by atoms with E-state index in [2.05, 4.69) is 25.9 Å². The van der Waals surface area contributed by atoms with Crippen LogP contribution in [-0.4, -0.2) is 29.0 Å². The van der Waals surface area contributed by atoms with Crippen molar-refractivity contribution in [2.45, 2.75) is 33.2 Å². The molecule has 0 saturated heterocycles. The van der Waals surface area contributed by atoms with Crippen LogP contribution in [0, 0.1) is 6.92 Å². The lowest BCUT2D eigenvalue weighted by molar-refractivity contribution is -0.114. The van der Waals surface area contributed by atoms with E-state index in [9.17, 15) is 9.59 Å². The highest BCUT2D eigenvalue weighted by molar-refractivity contribution is 5.94. The molecule has 0 fully saturated rings. The Morgan fingerprint density at radius 3 is 2.64 bits per heavy atom. The van der Waals surface area contributed by atoms with E-state index in [-0.39, 0.29) is 18.0 Å². The molecule has 8 heteroatoms. The minimum absolute atomic E-state index is 0.221. The second-order valence-electron chi connectivity index (χ2n) is 5.61. The third kappa shape index (κ3) is 4.97. The molecule has 0 radical (unpaired) electrons. The van der Waals surface area contributed by atoms with Crippen molar-refractivity contribution in [1.82, 2.24) is 15.3 Å². The van der Waals surface area contributed by atoms with Gasteiger partial charge in [0.25, 0.3) is 0 Å². The van der Waals surface area contributed by atoms with Gasteiger partial charge in [-0.1, -0.05) is 6.92 Å². The van der Waals surface area contributed by atoms with Crippen molar-refractivity contribution in [3.63, 3.8) is 0 Å². The lowest BCUT2D eigenvalue weighted by Crippen LogP contribution is -2.32. The van der Waals surface area contributed by atoms with Crippen LogP contribution in [0.1, 0.15) is 37.8 Å². The number of imidazole rings is 1. The Morgan fingerprint density at radius 2 is 2.08 bits per heavy atom. The summed E-state index contributed by atoms with van der Waals surface area (Å²) in [5.74, 6) is 1.00. The van der Waals surface area contributed by atoms with Gasteiger partial charge in [0.2, 0.25) is 5.91 Å². The number of anilines is 2. The molecule has 8 nitrogen and oxygen atoms in total. The fourth-order valence-corrected chi connectivity index (χ4v) is 2.37. The van der Waals surface area contributed by atoms with Gasteiger partial charge in [0, 0.05) is 24.5 Å². The fourth-order valence-electron chi connectivity index (χ4n) is 2.37. The maximum absolute atomic E-state index is 12.3. The van der Waals surface area contributed by atoms with E-state index in [1.807, 2.05) is 13.8 Å². The van der Waals surface area contributed by atoms with Crippen LogP contribution in [0.5, 0.6) is 5.75 Å². The molecule has 25 heavy (non-hydrogen) atoms. The Bertz CT molecular complexity index is 756. The lowest BCUT2D eigenvalue weighted by Gasteiger charge is -2.16. The SMILES string of the molecule is CC[C@H](NC(=O)Nc1ccc(OC)c(NC(C)=O)c1)c1ncc(C)[nH]1. The molecular weight excluding hydrogens is 322 g/mol. The molecular formula is C17H23N5O3. The highest BCUT2D eigenvalue weighted by atomic mass is 16.5. The summed E-state index contributed by atoms with van der Waals surface area (Å²) in [6, 6.07) is 4.43. The predicted molar refractivity (Wildman–Crippen MR) is 95.8 cm³/mol. The molecule has 2 aromatic rings. The summed E-state index contributed by atoms with van der Waals surface area (Å²) in [6.07, 6.45) is 2.42. The number of aromatic amines is 1. The van der Waals surface area contributed by atoms with Crippen LogP contribution in [0.25, 0.3) is 0 Å². The summed E-state index contributed by atoms with van der Waals surface area (Å²) >= 11 is 0. The zero-order valence-electron chi connectivity index (χ0n) is 14.8. The third-order valence-electron chi connectivity index (χ3n) is 3.53. The molecule has 2 rings (SSSR count). The van der Waals surface area contributed by atoms with Gasteiger partial charge in [-0.05, 0) is 31.5 Å². The smallest absolute Gasteiger partial charge is 0.319 e. The first-order chi connectivity index (χ1) is 11.9.